The topological polar surface area (TPSA) is 121 Å². The molecule has 0 aromatic carbocycles. The van der Waals surface area contributed by atoms with Crippen LogP contribution in [0.5, 0.6) is 0 Å². The third-order valence-electron chi connectivity index (χ3n) is 2.79. The number of nitrogens with one attached hydrogen (secondary N) is 3. The molecule has 1 unspecified atom stereocenters. The molecule has 1 heterocycles. The van der Waals surface area contributed by atoms with Crippen LogP contribution in [-0.4, -0.2) is 28.0 Å². The van der Waals surface area contributed by atoms with Crippen LogP contribution in [0.15, 0.2) is 15.8 Å². The molecule has 0 fully saturated rings. The van der Waals surface area contributed by atoms with E-state index in [2.05, 4.69) is 10.3 Å². The molecule has 0 aliphatic heterocycles. The minimum atomic E-state index is -0.717. The second-order valence-corrected chi connectivity index (χ2v) is 5.30. The number of hydrogen-bond acceptors (Lipinski definition) is 4. The lowest BCUT2D eigenvalue weighted by Crippen LogP contribution is -2.53. The molecule has 1 aromatic heterocycles. The summed E-state index contributed by atoms with van der Waals surface area (Å²) in [5.74, 6) is -0.200. The number of amides is 1. The van der Waals surface area contributed by atoms with Gasteiger partial charge in [-0.05, 0) is 19.3 Å². The largest absolute Gasteiger partial charge is 0.345 e. The highest BCUT2D eigenvalue weighted by atomic mass is 16.2. The Labute approximate surface area is 110 Å². The number of carbonyl (C=O) groups excluding carboxylic acids is 1. The Morgan fingerprint density at radius 2 is 2.11 bits per heavy atom. The first-order valence-electron chi connectivity index (χ1n) is 6.12. The summed E-state index contributed by atoms with van der Waals surface area (Å²) in [6.45, 7) is 6.13. The molecule has 1 atom stereocenters. The van der Waals surface area contributed by atoms with Gasteiger partial charge in [0.2, 0.25) is 0 Å². The van der Waals surface area contributed by atoms with E-state index < -0.39 is 22.7 Å². The first-order chi connectivity index (χ1) is 8.77. The number of aromatic amines is 2. The van der Waals surface area contributed by atoms with Gasteiger partial charge in [0.1, 0.15) is 5.56 Å². The molecule has 0 spiro atoms. The van der Waals surface area contributed by atoms with Crippen molar-refractivity contribution >= 4 is 5.91 Å². The molecular formula is C12H20N4O3. The molecular weight excluding hydrogens is 248 g/mol. The van der Waals surface area contributed by atoms with Gasteiger partial charge in [0, 0.05) is 18.3 Å². The molecule has 106 valence electrons. The van der Waals surface area contributed by atoms with Crippen LogP contribution in [0.4, 0.5) is 0 Å². The van der Waals surface area contributed by atoms with Gasteiger partial charge in [-0.1, -0.05) is 13.8 Å². The molecule has 5 N–H and O–H groups in total. The van der Waals surface area contributed by atoms with E-state index in [1.54, 1.807) is 0 Å². The molecule has 1 rings (SSSR count). The maximum absolute atomic E-state index is 12.0. The Kier molecular flexibility index (Phi) is 4.66. The molecule has 0 bridgehead atoms. The molecule has 7 nitrogen and oxygen atoms in total. The molecule has 0 aliphatic rings. The fourth-order valence-corrected chi connectivity index (χ4v) is 2.01. The molecule has 7 heteroatoms. The number of nitrogens with two attached hydrogens (primary N) is 1. The van der Waals surface area contributed by atoms with Crippen LogP contribution in [0.2, 0.25) is 0 Å². The fraction of sp³-hybridized carbons (Fsp3) is 0.583. The highest BCUT2D eigenvalue weighted by molar-refractivity contribution is 5.93. The van der Waals surface area contributed by atoms with Crippen LogP contribution in [0.1, 0.15) is 37.6 Å². The predicted octanol–water partition coefficient (Wildman–Crippen LogP) is -0.443. The van der Waals surface area contributed by atoms with E-state index in [4.69, 9.17) is 5.73 Å². The number of aromatic nitrogens is 2. The molecule has 0 aliphatic carbocycles. The zero-order chi connectivity index (χ0) is 14.6. The monoisotopic (exact) mass is 268 g/mol. The number of rotatable bonds is 5. The first-order valence-corrected chi connectivity index (χ1v) is 6.12. The van der Waals surface area contributed by atoms with Gasteiger partial charge in [0.15, 0.2) is 0 Å². The van der Waals surface area contributed by atoms with Gasteiger partial charge in [-0.25, -0.2) is 4.79 Å². The Balaban J connectivity index is 2.95. The Morgan fingerprint density at radius 3 is 2.58 bits per heavy atom. The standard InChI is InChI=1S/C12H20N4O3/c1-7(2)4-12(3,6-13)16-10(18)8-5-14-11(19)15-9(8)17/h5,7H,4,6,13H2,1-3H3,(H,16,18)(H2,14,15,17,19). The second-order valence-electron chi connectivity index (χ2n) is 5.30. The van der Waals surface area contributed by atoms with Gasteiger partial charge in [-0.2, -0.15) is 0 Å². The average molecular weight is 268 g/mol. The quantitative estimate of drug-likeness (QED) is 0.578. The van der Waals surface area contributed by atoms with Crippen LogP contribution in [0, 0.1) is 5.92 Å². The molecule has 0 saturated heterocycles. The summed E-state index contributed by atoms with van der Waals surface area (Å²) in [4.78, 5) is 38.7. The van der Waals surface area contributed by atoms with Gasteiger partial charge in [0.25, 0.3) is 11.5 Å². The maximum Gasteiger partial charge on any atom is 0.325 e. The summed E-state index contributed by atoms with van der Waals surface area (Å²) in [6, 6.07) is 0. The summed E-state index contributed by atoms with van der Waals surface area (Å²) in [5, 5.41) is 2.75. The zero-order valence-corrected chi connectivity index (χ0v) is 11.4. The van der Waals surface area contributed by atoms with Gasteiger partial charge in [-0.3, -0.25) is 14.6 Å². The van der Waals surface area contributed by atoms with Gasteiger partial charge in [-0.15, -0.1) is 0 Å². The van der Waals surface area contributed by atoms with E-state index in [0.29, 0.717) is 12.3 Å². The minimum Gasteiger partial charge on any atom is -0.345 e. The van der Waals surface area contributed by atoms with Crippen molar-refractivity contribution < 1.29 is 4.79 Å². The lowest BCUT2D eigenvalue weighted by Gasteiger charge is -2.31. The van der Waals surface area contributed by atoms with Gasteiger partial charge >= 0.3 is 5.69 Å². The first kappa shape index (κ1) is 15.2. The third-order valence-corrected chi connectivity index (χ3v) is 2.79. The van der Waals surface area contributed by atoms with Crippen LogP contribution in [0.25, 0.3) is 0 Å². The van der Waals surface area contributed by atoms with Crippen molar-refractivity contribution in [3.63, 3.8) is 0 Å². The van der Waals surface area contributed by atoms with Crippen molar-refractivity contribution in [1.29, 1.82) is 0 Å². The molecule has 1 aromatic rings. The van der Waals surface area contributed by atoms with Crippen LogP contribution in [-0.2, 0) is 0 Å². The van der Waals surface area contributed by atoms with Crippen molar-refractivity contribution in [2.75, 3.05) is 6.54 Å². The summed E-state index contributed by atoms with van der Waals surface area (Å²) in [6.07, 6.45) is 1.79. The van der Waals surface area contributed by atoms with E-state index in [0.717, 1.165) is 6.20 Å². The smallest absolute Gasteiger partial charge is 0.325 e. The highest BCUT2D eigenvalue weighted by Crippen LogP contribution is 2.15. The lowest BCUT2D eigenvalue weighted by molar-refractivity contribution is 0.0896. The second kappa shape index (κ2) is 5.83. The van der Waals surface area contributed by atoms with Crippen molar-refractivity contribution in [3.8, 4) is 0 Å². The van der Waals surface area contributed by atoms with Crippen molar-refractivity contribution in [1.82, 2.24) is 15.3 Å². The van der Waals surface area contributed by atoms with Gasteiger partial charge < -0.3 is 16.0 Å². The SMILES string of the molecule is CC(C)CC(C)(CN)NC(=O)c1c[nH]c(=O)[nH]c1=O. The van der Waals surface area contributed by atoms with Crippen molar-refractivity contribution in [3.05, 3.63) is 32.6 Å². The maximum atomic E-state index is 12.0. The lowest BCUT2D eigenvalue weighted by atomic mass is 9.90. The van der Waals surface area contributed by atoms with Gasteiger partial charge in [0.05, 0.1) is 0 Å². The van der Waals surface area contributed by atoms with E-state index in [1.165, 1.54) is 0 Å². The normalized spacial score (nSPS) is 14.2. The minimum absolute atomic E-state index is 0.136. The fourth-order valence-electron chi connectivity index (χ4n) is 2.01. The number of H-pyrrole nitrogens is 2. The van der Waals surface area contributed by atoms with E-state index >= 15 is 0 Å². The predicted molar refractivity (Wildman–Crippen MR) is 72.1 cm³/mol. The average Bonchev–Trinajstić information content (AvgIpc) is 2.27. The Hall–Kier alpha value is -1.89. The van der Waals surface area contributed by atoms with E-state index in [9.17, 15) is 14.4 Å². The number of hydrogen-bond donors (Lipinski definition) is 4. The molecule has 19 heavy (non-hydrogen) atoms. The van der Waals surface area contributed by atoms with Crippen molar-refractivity contribution in [2.24, 2.45) is 11.7 Å². The summed E-state index contributed by atoms with van der Waals surface area (Å²) in [5.41, 5.74) is 3.59. The van der Waals surface area contributed by atoms with Crippen LogP contribution in [0.3, 0.4) is 0 Å². The summed E-state index contributed by atoms with van der Waals surface area (Å²) >= 11 is 0. The van der Waals surface area contributed by atoms with Crippen LogP contribution < -0.4 is 22.3 Å². The molecule has 0 saturated carbocycles. The summed E-state index contributed by atoms with van der Waals surface area (Å²) in [7, 11) is 0. The zero-order valence-electron chi connectivity index (χ0n) is 11.4. The third kappa shape index (κ3) is 4.06. The van der Waals surface area contributed by atoms with E-state index in [-0.39, 0.29) is 12.1 Å². The molecule has 1 amide bonds. The van der Waals surface area contributed by atoms with Crippen molar-refractivity contribution in [2.45, 2.75) is 32.7 Å². The van der Waals surface area contributed by atoms with Crippen LogP contribution >= 0.6 is 0 Å². The summed E-state index contributed by atoms with van der Waals surface area (Å²) < 4.78 is 0. The Morgan fingerprint density at radius 1 is 1.47 bits per heavy atom. The highest BCUT2D eigenvalue weighted by Gasteiger charge is 2.27. The van der Waals surface area contributed by atoms with E-state index in [1.807, 2.05) is 25.8 Å². The number of carbonyl (C=O) groups is 1. The Bertz CT molecular complexity index is 561. The molecule has 0 radical (unpaired) electrons.